The Morgan fingerprint density at radius 3 is 2.62 bits per heavy atom. The van der Waals surface area contributed by atoms with Crippen molar-refractivity contribution >= 4 is 5.91 Å². The summed E-state index contributed by atoms with van der Waals surface area (Å²) in [6.07, 6.45) is 2.08. The molecule has 0 aliphatic carbocycles. The molecule has 0 bridgehead atoms. The first kappa shape index (κ1) is 13.2. The molecule has 1 fully saturated rings. The van der Waals surface area contributed by atoms with Crippen LogP contribution in [0.1, 0.15) is 20.8 Å². The highest BCUT2D eigenvalue weighted by Gasteiger charge is 2.28. The summed E-state index contributed by atoms with van der Waals surface area (Å²) in [5, 5.41) is 2.82. The van der Waals surface area contributed by atoms with Crippen LogP contribution in [0.15, 0.2) is 12.7 Å². The van der Waals surface area contributed by atoms with E-state index in [9.17, 15) is 4.79 Å². The van der Waals surface area contributed by atoms with Crippen LogP contribution >= 0.6 is 0 Å². The molecule has 1 N–H and O–H groups in total. The Balaban J connectivity index is 2.48. The van der Waals surface area contributed by atoms with E-state index in [0.717, 1.165) is 13.1 Å². The molecule has 4 nitrogen and oxygen atoms in total. The second kappa shape index (κ2) is 6.01. The second-order valence-electron chi connectivity index (χ2n) is 4.42. The van der Waals surface area contributed by atoms with E-state index in [1.54, 1.807) is 6.08 Å². The third-order valence-electron chi connectivity index (χ3n) is 2.80. The van der Waals surface area contributed by atoms with Gasteiger partial charge in [-0.1, -0.05) is 6.08 Å². The molecule has 0 aromatic heterocycles. The molecule has 3 atom stereocenters. The first-order valence-electron chi connectivity index (χ1n) is 5.82. The van der Waals surface area contributed by atoms with Crippen LogP contribution in [0, 0.1) is 0 Å². The minimum absolute atomic E-state index is 0.0567. The van der Waals surface area contributed by atoms with E-state index in [2.05, 4.69) is 16.8 Å². The number of rotatable bonds is 4. The van der Waals surface area contributed by atoms with Crippen LogP contribution in [0.25, 0.3) is 0 Å². The minimum atomic E-state index is -0.103. The maximum absolute atomic E-state index is 11.8. The Bertz CT molecular complexity index is 245. The number of nitrogens with zero attached hydrogens (tertiary/aromatic N) is 1. The number of nitrogens with one attached hydrogen (secondary N) is 1. The molecule has 1 aliphatic rings. The molecule has 1 rings (SSSR count). The molecule has 1 saturated heterocycles. The van der Waals surface area contributed by atoms with Crippen LogP contribution in [0.3, 0.4) is 0 Å². The smallest absolute Gasteiger partial charge is 0.237 e. The predicted molar refractivity (Wildman–Crippen MR) is 64.3 cm³/mol. The number of hydrogen-bond donors (Lipinski definition) is 1. The van der Waals surface area contributed by atoms with Crippen molar-refractivity contribution < 1.29 is 9.53 Å². The summed E-state index contributed by atoms with van der Waals surface area (Å²) in [6.45, 7) is 11.7. The lowest BCUT2D eigenvalue weighted by molar-refractivity contribution is -0.131. The molecule has 1 aliphatic heterocycles. The first-order valence-corrected chi connectivity index (χ1v) is 5.82. The molecule has 0 aromatic carbocycles. The minimum Gasteiger partial charge on any atom is -0.373 e. The molecule has 0 aromatic rings. The van der Waals surface area contributed by atoms with Gasteiger partial charge in [0.05, 0.1) is 18.2 Å². The van der Waals surface area contributed by atoms with Gasteiger partial charge in [0.2, 0.25) is 5.91 Å². The van der Waals surface area contributed by atoms with Crippen molar-refractivity contribution in [3.8, 4) is 0 Å². The summed E-state index contributed by atoms with van der Waals surface area (Å²) in [5.74, 6) is 0.0567. The number of ether oxygens (including phenoxy) is 1. The Labute approximate surface area is 97.6 Å². The number of hydrogen-bond acceptors (Lipinski definition) is 3. The van der Waals surface area contributed by atoms with Crippen molar-refractivity contribution in [3.63, 3.8) is 0 Å². The molecular formula is C12H22N2O2. The van der Waals surface area contributed by atoms with E-state index in [1.807, 2.05) is 20.8 Å². The zero-order valence-electron chi connectivity index (χ0n) is 10.4. The molecule has 1 heterocycles. The van der Waals surface area contributed by atoms with E-state index in [0.29, 0.717) is 6.54 Å². The van der Waals surface area contributed by atoms with E-state index >= 15 is 0 Å². The van der Waals surface area contributed by atoms with E-state index in [4.69, 9.17) is 4.74 Å². The number of carbonyl (C=O) groups excluding carboxylic acids is 1. The Morgan fingerprint density at radius 2 is 2.12 bits per heavy atom. The largest absolute Gasteiger partial charge is 0.373 e. The van der Waals surface area contributed by atoms with Crippen molar-refractivity contribution in [3.05, 3.63) is 12.7 Å². The molecule has 0 radical (unpaired) electrons. The van der Waals surface area contributed by atoms with Crippen LogP contribution < -0.4 is 5.32 Å². The summed E-state index contributed by atoms with van der Waals surface area (Å²) >= 11 is 0. The highest BCUT2D eigenvalue weighted by molar-refractivity contribution is 5.81. The first-order chi connectivity index (χ1) is 7.54. The van der Waals surface area contributed by atoms with Crippen molar-refractivity contribution in [1.82, 2.24) is 10.2 Å². The monoisotopic (exact) mass is 226 g/mol. The summed E-state index contributed by atoms with van der Waals surface area (Å²) in [5.41, 5.74) is 0. The molecule has 92 valence electrons. The van der Waals surface area contributed by atoms with E-state index in [1.165, 1.54) is 0 Å². The van der Waals surface area contributed by atoms with E-state index < -0.39 is 0 Å². The van der Waals surface area contributed by atoms with Crippen LogP contribution in [0.5, 0.6) is 0 Å². The van der Waals surface area contributed by atoms with Gasteiger partial charge in [0.1, 0.15) is 0 Å². The fourth-order valence-corrected chi connectivity index (χ4v) is 2.02. The normalized spacial score (nSPS) is 28.4. The molecule has 4 heteroatoms. The van der Waals surface area contributed by atoms with Crippen molar-refractivity contribution in [2.24, 2.45) is 0 Å². The standard InChI is InChI=1S/C12H22N2O2/c1-5-6-13-12(15)11(4)14-7-9(2)16-10(3)8-14/h5,9-11H,1,6-8H2,2-4H3,(H,13,15)/t9-,10+,11-/m1/s1. The predicted octanol–water partition coefficient (Wildman–Crippen LogP) is 0.786. The highest BCUT2D eigenvalue weighted by atomic mass is 16.5. The lowest BCUT2D eigenvalue weighted by Crippen LogP contribution is -2.53. The zero-order chi connectivity index (χ0) is 12.1. The van der Waals surface area contributed by atoms with E-state index in [-0.39, 0.29) is 24.2 Å². The molecule has 0 spiro atoms. The number of amides is 1. The van der Waals surface area contributed by atoms with Gasteiger partial charge < -0.3 is 10.1 Å². The fraction of sp³-hybridized carbons (Fsp3) is 0.750. The van der Waals surface area contributed by atoms with Gasteiger partial charge in [0, 0.05) is 19.6 Å². The molecule has 16 heavy (non-hydrogen) atoms. The lowest BCUT2D eigenvalue weighted by atomic mass is 10.1. The third kappa shape index (κ3) is 3.61. The molecule has 0 saturated carbocycles. The van der Waals surface area contributed by atoms with Gasteiger partial charge >= 0.3 is 0 Å². The second-order valence-corrected chi connectivity index (χ2v) is 4.42. The highest BCUT2D eigenvalue weighted by Crippen LogP contribution is 2.13. The summed E-state index contributed by atoms with van der Waals surface area (Å²) in [4.78, 5) is 13.9. The summed E-state index contributed by atoms with van der Waals surface area (Å²) in [6, 6.07) is -0.103. The fourth-order valence-electron chi connectivity index (χ4n) is 2.02. The van der Waals surface area contributed by atoms with Gasteiger partial charge in [-0.2, -0.15) is 0 Å². The lowest BCUT2D eigenvalue weighted by Gasteiger charge is -2.38. The van der Waals surface area contributed by atoms with Crippen molar-refractivity contribution in [1.29, 1.82) is 0 Å². The topological polar surface area (TPSA) is 41.6 Å². The molecule has 1 amide bonds. The molecular weight excluding hydrogens is 204 g/mol. The Morgan fingerprint density at radius 1 is 1.56 bits per heavy atom. The van der Waals surface area contributed by atoms with Crippen LogP contribution in [-0.4, -0.2) is 48.7 Å². The zero-order valence-corrected chi connectivity index (χ0v) is 10.4. The molecule has 0 unspecified atom stereocenters. The Hall–Kier alpha value is -0.870. The Kier molecular flexibility index (Phi) is 4.96. The maximum atomic E-state index is 11.8. The van der Waals surface area contributed by atoms with Crippen molar-refractivity contribution in [2.75, 3.05) is 19.6 Å². The van der Waals surface area contributed by atoms with Crippen LogP contribution in [-0.2, 0) is 9.53 Å². The van der Waals surface area contributed by atoms with Gasteiger partial charge in [0.15, 0.2) is 0 Å². The SMILES string of the molecule is C=CCNC(=O)[C@@H](C)N1C[C@@H](C)O[C@@H](C)C1. The van der Waals surface area contributed by atoms with Gasteiger partial charge in [-0.25, -0.2) is 0 Å². The summed E-state index contributed by atoms with van der Waals surface area (Å²) in [7, 11) is 0. The number of morpholine rings is 1. The van der Waals surface area contributed by atoms with Gasteiger partial charge in [-0.15, -0.1) is 6.58 Å². The van der Waals surface area contributed by atoms with Gasteiger partial charge in [-0.05, 0) is 20.8 Å². The average Bonchev–Trinajstić information content (AvgIpc) is 2.23. The summed E-state index contributed by atoms with van der Waals surface area (Å²) < 4.78 is 5.64. The van der Waals surface area contributed by atoms with Crippen LogP contribution in [0.2, 0.25) is 0 Å². The van der Waals surface area contributed by atoms with Crippen molar-refractivity contribution in [2.45, 2.75) is 39.0 Å². The average molecular weight is 226 g/mol. The van der Waals surface area contributed by atoms with Gasteiger partial charge in [-0.3, -0.25) is 9.69 Å². The maximum Gasteiger partial charge on any atom is 0.237 e. The van der Waals surface area contributed by atoms with Gasteiger partial charge in [0.25, 0.3) is 0 Å². The quantitative estimate of drug-likeness (QED) is 0.721. The number of carbonyl (C=O) groups is 1. The third-order valence-corrected chi connectivity index (χ3v) is 2.80. The van der Waals surface area contributed by atoms with Crippen LogP contribution in [0.4, 0.5) is 0 Å².